The van der Waals surface area contributed by atoms with Crippen LogP contribution in [0, 0.1) is 11.3 Å². The van der Waals surface area contributed by atoms with E-state index in [1.165, 1.54) is 31.5 Å². The molecular weight excluding hydrogens is 423 g/mol. The van der Waals surface area contributed by atoms with Crippen LogP contribution in [0.2, 0.25) is 0 Å². The fourth-order valence-electron chi connectivity index (χ4n) is 3.23. The summed E-state index contributed by atoms with van der Waals surface area (Å²) in [5.74, 6) is -0.122. The summed E-state index contributed by atoms with van der Waals surface area (Å²) < 4.78 is 44.6. The van der Waals surface area contributed by atoms with Crippen molar-refractivity contribution >= 4 is 5.91 Å². The number of aryl methyl sites for hydroxylation is 2. The second-order valence-electron chi connectivity index (χ2n) is 7.05. The van der Waals surface area contributed by atoms with Crippen LogP contribution in [-0.2, 0) is 19.1 Å². The third-order valence-electron chi connectivity index (χ3n) is 4.82. The molecule has 0 saturated heterocycles. The first-order valence-electron chi connectivity index (χ1n) is 9.70. The fourth-order valence-corrected chi connectivity index (χ4v) is 3.23. The second-order valence-corrected chi connectivity index (χ2v) is 7.05. The number of primary amides is 1. The van der Waals surface area contributed by atoms with Crippen molar-refractivity contribution in [1.82, 2.24) is 14.8 Å². The zero-order valence-electron chi connectivity index (χ0n) is 17.2. The van der Waals surface area contributed by atoms with E-state index < -0.39 is 17.8 Å². The average molecular weight is 443 g/mol. The Morgan fingerprint density at radius 1 is 1.22 bits per heavy atom. The lowest BCUT2D eigenvalue weighted by atomic mass is 10.1. The number of ether oxygens (including phenoxy) is 1. The molecule has 2 aromatic heterocycles. The van der Waals surface area contributed by atoms with E-state index in [1.54, 1.807) is 6.07 Å². The molecule has 0 aliphatic carbocycles. The molecule has 0 saturated carbocycles. The Balaban J connectivity index is 0.000000195. The molecule has 4 rings (SSSR count). The van der Waals surface area contributed by atoms with E-state index in [-0.39, 0.29) is 5.56 Å². The number of halogens is 3. The minimum Gasteiger partial charge on any atom is -0.497 e. The number of carbonyl (C=O) groups is 1. The maximum absolute atomic E-state index is 12.6. The molecule has 1 amide bonds. The summed E-state index contributed by atoms with van der Waals surface area (Å²) in [6.45, 7) is 0.840. The highest BCUT2D eigenvalue weighted by atomic mass is 19.4. The molecule has 0 radical (unpaired) electrons. The monoisotopic (exact) mass is 443 g/mol. The van der Waals surface area contributed by atoms with Gasteiger partial charge in [-0.25, -0.2) is 0 Å². The Morgan fingerprint density at radius 3 is 2.62 bits per heavy atom. The van der Waals surface area contributed by atoms with E-state index >= 15 is 0 Å². The number of benzene rings is 1. The first kappa shape index (κ1) is 22.8. The Bertz CT molecular complexity index is 1140. The smallest absolute Gasteiger partial charge is 0.433 e. The van der Waals surface area contributed by atoms with Crippen molar-refractivity contribution in [3.05, 3.63) is 65.1 Å². The van der Waals surface area contributed by atoms with Crippen LogP contribution in [0.15, 0.2) is 42.6 Å². The molecule has 0 spiro atoms. The molecule has 7 nitrogen and oxygen atoms in total. The summed E-state index contributed by atoms with van der Waals surface area (Å²) in [6.07, 6.45) is -0.135. The van der Waals surface area contributed by atoms with Gasteiger partial charge in [-0.1, -0.05) is 0 Å². The first-order valence-corrected chi connectivity index (χ1v) is 9.70. The molecule has 3 heterocycles. The summed E-state index contributed by atoms with van der Waals surface area (Å²) in [6, 6.07) is 10.8. The van der Waals surface area contributed by atoms with Crippen molar-refractivity contribution in [2.75, 3.05) is 7.11 Å². The summed E-state index contributed by atoms with van der Waals surface area (Å²) in [7, 11) is 1.46. The molecule has 3 aromatic rings. The quantitative estimate of drug-likeness (QED) is 0.659. The number of fused-ring (bicyclic) bond motifs is 1. The van der Waals surface area contributed by atoms with Gasteiger partial charge in [0.25, 0.3) is 0 Å². The van der Waals surface area contributed by atoms with E-state index in [9.17, 15) is 18.0 Å². The van der Waals surface area contributed by atoms with Crippen molar-refractivity contribution in [3.63, 3.8) is 0 Å². The highest BCUT2D eigenvalue weighted by Crippen LogP contribution is 2.30. The normalized spacial score (nSPS) is 12.7. The van der Waals surface area contributed by atoms with E-state index in [4.69, 9.17) is 15.7 Å². The molecular formula is C22H20F3N5O2. The topological polar surface area (TPSA) is 107 Å². The average Bonchev–Trinajstić information content (AvgIpc) is 3.23. The molecule has 1 aliphatic rings. The number of pyridine rings is 1. The van der Waals surface area contributed by atoms with Crippen molar-refractivity contribution in [3.8, 4) is 23.1 Å². The van der Waals surface area contributed by atoms with Gasteiger partial charge in [0.15, 0.2) is 0 Å². The number of nitrogens with two attached hydrogens (primary N) is 1. The predicted molar refractivity (Wildman–Crippen MR) is 110 cm³/mol. The van der Waals surface area contributed by atoms with Gasteiger partial charge in [-0.05, 0) is 55.7 Å². The van der Waals surface area contributed by atoms with Crippen LogP contribution in [0.3, 0.4) is 0 Å². The van der Waals surface area contributed by atoms with Gasteiger partial charge in [0, 0.05) is 29.6 Å². The standard InChI is InChI=1S/C13H12F3N3.C9H8N2O2/c14-13(15,16)12-7-9(4-5-17-12)11-8-10-3-1-2-6-19(10)18-11;1-13-8-3-6(5-10)2-7(4-8)9(11)12/h4-5,7-8H,1-3,6H2;2-4H,1H3,(H2,11,12). The number of alkyl halides is 3. The van der Waals surface area contributed by atoms with Gasteiger partial charge in [-0.2, -0.15) is 23.5 Å². The van der Waals surface area contributed by atoms with Crippen molar-refractivity contribution in [2.24, 2.45) is 5.73 Å². The van der Waals surface area contributed by atoms with Crippen LogP contribution in [0.1, 0.15) is 40.2 Å². The van der Waals surface area contributed by atoms with Gasteiger partial charge >= 0.3 is 6.18 Å². The molecule has 166 valence electrons. The molecule has 10 heteroatoms. The lowest BCUT2D eigenvalue weighted by Gasteiger charge is -2.11. The molecule has 0 bridgehead atoms. The molecule has 2 N–H and O–H groups in total. The highest BCUT2D eigenvalue weighted by molar-refractivity contribution is 5.93. The number of carbonyl (C=O) groups excluding carboxylic acids is 1. The number of nitrogens with zero attached hydrogens (tertiary/aromatic N) is 4. The minimum atomic E-state index is -4.42. The maximum atomic E-state index is 12.6. The predicted octanol–water partition coefficient (Wildman–Crippen LogP) is 3.97. The largest absolute Gasteiger partial charge is 0.497 e. The van der Waals surface area contributed by atoms with Crippen molar-refractivity contribution in [1.29, 1.82) is 5.26 Å². The van der Waals surface area contributed by atoms with Crippen LogP contribution in [0.25, 0.3) is 11.3 Å². The summed E-state index contributed by atoms with van der Waals surface area (Å²) in [4.78, 5) is 14.2. The Kier molecular flexibility index (Phi) is 6.78. The minimum absolute atomic E-state index is 0.274. The number of amides is 1. The molecule has 1 aromatic carbocycles. The number of nitriles is 1. The van der Waals surface area contributed by atoms with E-state index in [2.05, 4.69) is 10.1 Å². The van der Waals surface area contributed by atoms with Crippen LogP contribution < -0.4 is 10.5 Å². The maximum Gasteiger partial charge on any atom is 0.433 e. The van der Waals surface area contributed by atoms with E-state index in [0.29, 0.717) is 22.6 Å². The fraction of sp³-hybridized carbons (Fsp3) is 0.273. The Morgan fingerprint density at radius 2 is 2.00 bits per heavy atom. The van der Waals surface area contributed by atoms with Crippen molar-refractivity contribution < 1.29 is 22.7 Å². The Labute approximate surface area is 182 Å². The van der Waals surface area contributed by atoms with Gasteiger partial charge in [0.05, 0.1) is 24.4 Å². The Hall–Kier alpha value is -3.87. The SMILES string of the molecule is COc1cc(C#N)cc(C(N)=O)c1.FC(F)(F)c1cc(-c2cc3n(n2)CCCC3)ccn1. The van der Waals surface area contributed by atoms with Gasteiger partial charge in [-0.3, -0.25) is 14.5 Å². The highest BCUT2D eigenvalue weighted by Gasteiger charge is 2.32. The lowest BCUT2D eigenvalue weighted by Crippen LogP contribution is -2.11. The molecule has 0 atom stereocenters. The second kappa shape index (κ2) is 9.51. The third-order valence-corrected chi connectivity index (χ3v) is 4.82. The number of methoxy groups -OCH3 is 1. The van der Waals surface area contributed by atoms with Gasteiger partial charge in [0.2, 0.25) is 5.91 Å². The van der Waals surface area contributed by atoms with Gasteiger partial charge < -0.3 is 10.5 Å². The first-order chi connectivity index (χ1) is 15.2. The van der Waals surface area contributed by atoms with Crippen LogP contribution in [-0.4, -0.2) is 27.8 Å². The molecule has 32 heavy (non-hydrogen) atoms. The van der Waals surface area contributed by atoms with E-state index in [1.807, 2.05) is 16.8 Å². The summed E-state index contributed by atoms with van der Waals surface area (Å²) >= 11 is 0. The summed E-state index contributed by atoms with van der Waals surface area (Å²) in [5, 5.41) is 13.0. The molecule has 0 fully saturated rings. The number of hydrogen-bond acceptors (Lipinski definition) is 5. The van der Waals surface area contributed by atoms with Crippen LogP contribution in [0.4, 0.5) is 13.2 Å². The molecule has 0 unspecified atom stereocenters. The van der Waals surface area contributed by atoms with Crippen LogP contribution in [0.5, 0.6) is 5.75 Å². The number of rotatable bonds is 3. The zero-order chi connectivity index (χ0) is 23.3. The summed E-state index contributed by atoms with van der Waals surface area (Å²) in [5.41, 5.74) is 6.95. The van der Waals surface area contributed by atoms with Crippen LogP contribution >= 0.6 is 0 Å². The van der Waals surface area contributed by atoms with Gasteiger partial charge in [-0.15, -0.1) is 0 Å². The zero-order valence-corrected chi connectivity index (χ0v) is 17.2. The number of aromatic nitrogens is 3. The third kappa shape index (κ3) is 5.43. The molecule has 1 aliphatic heterocycles. The number of hydrogen-bond donors (Lipinski definition) is 1. The van der Waals surface area contributed by atoms with Gasteiger partial charge in [0.1, 0.15) is 11.4 Å². The van der Waals surface area contributed by atoms with Crippen molar-refractivity contribution in [2.45, 2.75) is 32.0 Å². The van der Waals surface area contributed by atoms with E-state index in [0.717, 1.165) is 37.6 Å². The lowest BCUT2D eigenvalue weighted by molar-refractivity contribution is -0.141.